The largest absolute Gasteiger partial charge is 0.453 e. The third-order valence-electron chi connectivity index (χ3n) is 3.72. The number of carbonyl (C=O) groups excluding carboxylic acids is 2. The van der Waals surface area contributed by atoms with Crippen molar-refractivity contribution in [3.8, 4) is 0 Å². The molecule has 0 aliphatic carbocycles. The fourth-order valence-corrected chi connectivity index (χ4v) is 2.62. The Morgan fingerprint density at radius 2 is 2.09 bits per heavy atom. The molecule has 7 nitrogen and oxygen atoms in total. The summed E-state index contributed by atoms with van der Waals surface area (Å²) in [6.07, 6.45) is 0.620. The van der Waals surface area contributed by atoms with E-state index in [9.17, 15) is 9.59 Å². The van der Waals surface area contributed by atoms with E-state index in [1.165, 1.54) is 12.0 Å². The smallest absolute Gasteiger partial charge is 0.409 e. The molecule has 126 valence electrons. The maximum absolute atomic E-state index is 12.6. The number of carbonyl (C=O) groups is 2. The van der Waals surface area contributed by atoms with Crippen LogP contribution in [0, 0.1) is 13.8 Å². The van der Waals surface area contributed by atoms with Gasteiger partial charge in [0.2, 0.25) is 0 Å². The van der Waals surface area contributed by atoms with E-state index in [2.05, 4.69) is 27.6 Å². The molecule has 0 bridgehead atoms. The van der Waals surface area contributed by atoms with Gasteiger partial charge in [0.05, 0.1) is 18.5 Å². The monoisotopic (exact) mass is 320 g/mol. The first-order chi connectivity index (χ1) is 11.0. The predicted octanol–water partition coefficient (Wildman–Crippen LogP) is 2.68. The number of unbranched alkanes of at least 4 members (excludes halogenated alkanes) is 1. The van der Waals surface area contributed by atoms with Crippen LogP contribution in [0.3, 0.4) is 0 Å². The molecular formula is C16H24N4O3. The molecule has 1 atom stereocenters. The first-order valence-electron chi connectivity index (χ1n) is 7.77. The van der Waals surface area contributed by atoms with E-state index in [0.29, 0.717) is 6.54 Å². The Morgan fingerprint density at radius 1 is 1.35 bits per heavy atom. The van der Waals surface area contributed by atoms with Crippen LogP contribution in [0.2, 0.25) is 0 Å². The van der Waals surface area contributed by atoms with E-state index >= 15 is 0 Å². The normalized spacial score (nSPS) is 15.7. The van der Waals surface area contributed by atoms with E-state index in [1.807, 2.05) is 26.0 Å². The Kier molecular flexibility index (Phi) is 5.31. The Morgan fingerprint density at radius 3 is 2.74 bits per heavy atom. The lowest BCUT2D eigenvalue weighted by molar-refractivity contribution is 0.168. The second-order valence-electron chi connectivity index (χ2n) is 5.61. The molecule has 0 radical (unpaired) electrons. The fourth-order valence-electron chi connectivity index (χ4n) is 2.62. The molecule has 2 rings (SSSR count). The van der Waals surface area contributed by atoms with Gasteiger partial charge >= 0.3 is 12.1 Å². The summed E-state index contributed by atoms with van der Waals surface area (Å²) in [5.41, 5.74) is 3.65. The number of fused-ring (bicyclic) bond motifs is 1. The van der Waals surface area contributed by atoms with Gasteiger partial charge in [-0.2, -0.15) is 0 Å². The van der Waals surface area contributed by atoms with Crippen LogP contribution in [-0.2, 0) is 4.74 Å². The molecule has 0 aromatic heterocycles. The van der Waals surface area contributed by atoms with Crippen molar-refractivity contribution in [3.63, 3.8) is 0 Å². The molecule has 7 heteroatoms. The van der Waals surface area contributed by atoms with Crippen LogP contribution in [0.15, 0.2) is 12.1 Å². The molecule has 0 spiro atoms. The molecule has 1 aromatic carbocycles. The van der Waals surface area contributed by atoms with Gasteiger partial charge < -0.3 is 15.4 Å². The van der Waals surface area contributed by atoms with Crippen molar-refractivity contribution in [1.29, 1.82) is 0 Å². The molecule has 3 N–H and O–H groups in total. The van der Waals surface area contributed by atoms with E-state index < -0.39 is 12.4 Å². The number of ether oxygens (including phenoxy) is 1. The van der Waals surface area contributed by atoms with Crippen LogP contribution in [-0.4, -0.2) is 32.1 Å². The van der Waals surface area contributed by atoms with Gasteiger partial charge in [-0.1, -0.05) is 19.4 Å². The highest BCUT2D eigenvalue weighted by molar-refractivity contribution is 6.00. The van der Waals surface area contributed by atoms with Crippen molar-refractivity contribution in [1.82, 2.24) is 10.6 Å². The molecule has 1 aliphatic heterocycles. The van der Waals surface area contributed by atoms with Crippen LogP contribution >= 0.6 is 0 Å². The zero-order valence-corrected chi connectivity index (χ0v) is 14.0. The van der Waals surface area contributed by atoms with Crippen molar-refractivity contribution < 1.29 is 14.3 Å². The topological polar surface area (TPSA) is 82.7 Å². The van der Waals surface area contributed by atoms with E-state index in [-0.39, 0.29) is 6.03 Å². The zero-order chi connectivity index (χ0) is 17.0. The average molecular weight is 320 g/mol. The lowest BCUT2D eigenvalue weighted by Gasteiger charge is -2.25. The highest BCUT2D eigenvalue weighted by Gasteiger charge is 2.35. The minimum absolute atomic E-state index is 0.254. The summed E-state index contributed by atoms with van der Waals surface area (Å²) >= 11 is 0. The maximum Gasteiger partial charge on any atom is 0.409 e. The number of amides is 3. The Hall–Kier alpha value is -2.44. The van der Waals surface area contributed by atoms with Crippen LogP contribution in [0.5, 0.6) is 0 Å². The van der Waals surface area contributed by atoms with Gasteiger partial charge in [-0.25, -0.2) is 9.59 Å². The first-order valence-corrected chi connectivity index (χ1v) is 7.77. The number of hydrogen-bond acceptors (Lipinski definition) is 4. The number of alkyl carbamates (subject to hydrolysis) is 1. The van der Waals surface area contributed by atoms with E-state index in [1.54, 1.807) is 0 Å². The van der Waals surface area contributed by atoms with Gasteiger partial charge in [-0.15, -0.1) is 0 Å². The van der Waals surface area contributed by atoms with Gasteiger partial charge in [0.1, 0.15) is 0 Å². The third kappa shape index (κ3) is 3.67. The summed E-state index contributed by atoms with van der Waals surface area (Å²) in [6, 6.07) is 3.70. The number of rotatable bonds is 4. The zero-order valence-electron chi connectivity index (χ0n) is 14.0. The van der Waals surface area contributed by atoms with Crippen molar-refractivity contribution >= 4 is 23.5 Å². The maximum atomic E-state index is 12.6. The van der Waals surface area contributed by atoms with Crippen molar-refractivity contribution in [2.45, 2.75) is 39.9 Å². The molecular weight excluding hydrogens is 296 g/mol. The van der Waals surface area contributed by atoms with E-state index in [4.69, 9.17) is 0 Å². The van der Waals surface area contributed by atoms with Gasteiger partial charge in [-0.3, -0.25) is 10.2 Å². The van der Waals surface area contributed by atoms with Crippen molar-refractivity contribution in [3.05, 3.63) is 23.3 Å². The molecule has 0 saturated carbocycles. The van der Waals surface area contributed by atoms with Gasteiger partial charge in [0, 0.05) is 6.54 Å². The second-order valence-corrected chi connectivity index (χ2v) is 5.61. The SMILES string of the molecule is CCCCNC(=O)N1c2cc(C)cc(C)c2NC1NC(=O)OC. The number of aryl methyl sites for hydroxylation is 2. The van der Waals surface area contributed by atoms with Crippen molar-refractivity contribution in [2.24, 2.45) is 0 Å². The Balaban J connectivity index is 2.28. The summed E-state index contributed by atoms with van der Waals surface area (Å²) in [6.45, 7) is 6.60. The minimum Gasteiger partial charge on any atom is -0.453 e. The van der Waals surface area contributed by atoms with Gasteiger partial charge in [0.25, 0.3) is 0 Å². The third-order valence-corrected chi connectivity index (χ3v) is 3.72. The van der Waals surface area contributed by atoms with E-state index in [0.717, 1.165) is 35.3 Å². The Bertz CT molecular complexity index is 603. The number of anilines is 2. The van der Waals surface area contributed by atoms with Gasteiger partial charge in [0.15, 0.2) is 6.29 Å². The standard InChI is InChI=1S/C16H24N4O3/c1-5-6-7-17-15(21)20-12-9-10(2)8-11(3)13(12)18-14(20)19-16(22)23-4/h8-9,14,18H,5-7H2,1-4H3,(H,17,21)(H,19,22). The minimum atomic E-state index is -0.681. The predicted molar refractivity (Wildman–Crippen MR) is 89.7 cm³/mol. The molecule has 0 fully saturated rings. The van der Waals surface area contributed by atoms with Crippen LogP contribution in [0.25, 0.3) is 0 Å². The number of nitrogens with zero attached hydrogens (tertiary/aromatic N) is 1. The highest BCUT2D eigenvalue weighted by atomic mass is 16.5. The second kappa shape index (κ2) is 7.21. The van der Waals surface area contributed by atoms with Crippen LogP contribution in [0.4, 0.5) is 21.0 Å². The molecule has 3 amide bonds. The average Bonchev–Trinajstić information content (AvgIpc) is 2.85. The number of nitrogens with one attached hydrogen (secondary N) is 3. The molecule has 0 saturated heterocycles. The Labute approximate surface area is 136 Å². The number of hydrogen-bond donors (Lipinski definition) is 3. The summed E-state index contributed by atoms with van der Waals surface area (Å²) in [5, 5.41) is 8.69. The first kappa shape index (κ1) is 16.9. The number of methoxy groups -OCH3 is 1. The van der Waals surface area contributed by atoms with Crippen LogP contribution < -0.4 is 20.9 Å². The molecule has 1 unspecified atom stereocenters. The molecule has 1 aliphatic rings. The highest BCUT2D eigenvalue weighted by Crippen LogP contribution is 2.37. The molecule has 23 heavy (non-hydrogen) atoms. The summed E-state index contributed by atoms with van der Waals surface area (Å²) in [5.74, 6) is 0. The summed E-state index contributed by atoms with van der Waals surface area (Å²) in [7, 11) is 1.29. The molecule has 1 aromatic rings. The van der Waals surface area contributed by atoms with Crippen molar-refractivity contribution in [2.75, 3.05) is 23.9 Å². The van der Waals surface area contributed by atoms with Gasteiger partial charge in [-0.05, 0) is 37.5 Å². The fraction of sp³-hybridized carbons (Fsp3) is 0.500. The number of urea groups is 1. The lowest BCUT2D eigenvalue weighted by atomic mass is 10.1. The quantitative estimate of drug-likeness (QED) is 0.745. The number of benzene rings is 1. The summed E-state index contributed by atoms with van der Waals surface area (Å²) in [4.78, 5) is 25.7. The van der Waals surface area contributed by atoms with Crippen LogP contribution in [0.1, 0.15) is 30.9 Å². The lowest BCUT2D eigenvalue weighted by Crippen LogP contribution is -2.55. The molecule has 1 heterocycles. The summed E-state index contributed by atoms with van der Waals surface area (Å²) < 4.78 is 4.64.